The van der Waals surface area contributed by atoms with Gasteiger partial charge in [0, 0.05) is 6.42 Å². The summed E-state index contributed by atoms with van der Waals surface area (Å²) in [5, 5.41) is 26.0. The van der Waals surface area contributed by atoms with Crippen LogP contribution in [0.2, 0.25) is 0 Å². The molecule has 0 aliphatic rings. The predicted molar refractivity (Wildman–Crippen MR) is 135 cm³/mol. The molecule has 0 saturated heterocycles. The standard InChI is InChI=1S/C23H35N5O7S/c1-36-11-9-16(26-20(31)15(25)8-5-10-24)21(32)27-17(13-19(29)30)22(33)28-18(23(34)35)12-14-6-3-2-4-7-14/h2-4,6-7,15-18H,5,8-13,24-25H2,1H3,(H,26,31)(H,27,32)(H,28,33)(H,29,30)(H,34,35)/t15-,16-,17-,18-/m0/s1. The van der Waals surface area contributed by atoms with Gasteiger partial charge in [0.25, 0.3) is 0 Å². The molecule has 200 valence electrons. The van der Waals surface area contributed by atoms with Crippen molar-refractivity contribution in [2.24, 2.45) is 11.5 Å². The monoisotopic (exact) mass is 525 g/mol. The van der Waals surface area contributed by atoms with Crippen molar-refractivity contribution >= 4 is 41.4 Å². The Bertz CT molecular complexity index is 887. The number of nitrogens with one attached hydrogen (secondary N) is 3. The van der Waals surface area contributed by atoms with Gasteiger partial charge in [0.15, 0.2) is 0 Å². The lowest BCUT2D eigenvalue weighted by Gasteiger charge is -2.24. The van der Waals surface area contributed by atoms with Gasteiger partial charge < -0.3 is 37.6 Å². The third-order valence-corrected chi connectivity index (χ3v) is 5.85. The molecule has 1 aromatic carbocycles. The molecule has 0 aromatic heterocycles. The summed E-state index contributed by atoms with van der Waals surface area (Å²) in [7, 11) is 0. The smallest absolute Gasteiger partial charge is 0.326 e. The summed E-state index contributed by atoms with van der Waals surface area (Å²) in [5.74, 6) is -4.52. The van der Waals surface area contributed by atoms with E-state index in [1.807, 2.05) is 6.26 Å². The van der Waals surface area contributed by atoms with Gasteiger partial charge in [0.05, 0.1) is 12.5 Å². The molecule has 12 nitrogen and oxygen atoms in total. The molecule has 0 unspecified atom stereocenters. The minimum atomic E-state index is -1.56. The number of carboxylic acid groups (broad SMARTS) is 2. The average molecular weight is 526 g/mol. The second-order valence-electron chi connectivity index (χ2n) is 8.13. The largest absolute Gasteiger partial charge is 0.481 e. The van der Waals surface area contributed by atoms with Gasteiger partial charge in [-0.15, -0.1) is 0 Å². The molecule has 0 fully saturated rings. The zero-order valence-corrected chi connectivity index (χ0v) is 21.0. The van der Waals surface area contributed by atoms with E-state index in [9.17, 15) is 34.2 Å². The van der Waals surface area contributed by atoms with Crippen LogP contribution >= 0.6 is 11.8 Å². The van der Waals surface area contributed by atoms with Gasteiger partial charge in [-0.1, -0.05) is 30.3 Å². The Morgan fingerprint density at radius 2 is 1.47 bits per heavy atom. The fraction of sp³-hybridized carbons (Fsp3) is 0.522. The minimum Gasteiger partial charge on any atom is -0.481 e. The molecule has 3 amide bonds. The lowest BCUT2D eigenvalue weighted by Crippen LogP contribution is -2.57. The first-order valence-electron chi connectivity index (χ1n) is 11.4. The maximum Gasteiger partial charge on any atom is 0.326 e. The molecule has 0 radical (unpaired) electrons. The molecule has 36 heavy (non-hydrogen) atoms. The summed E-state index contributed by atoms with van der Waals surface area (Å²) in [4.78, 5) is 61.3. The zero-order valence-electron chi connectivity index (χ0n) is 20.1. The number of thioether (sulfide) groups is 1. The summed E-state index contributed by atoms with van der Waals surface area (Å²) in [6, 6.07) is 3.71. The topological polar surface area (TPSA) is 214 Å². The van der Waals surface area contributed by atoms with Crippen LogP contribution in [0.1, 0.15) is 31.2 Å². The van der Waals surface area contributed by atoms with E-state index in [0.29, 0.717) is 30.7 Å². The average Bonchev–Trinajstić information content (AvgIpc) is 2.84. The van der Waals surface area contributed by atoms with Crippen molar-refractivity contribution in [2.45, 2.75) is 56.3 Å². The molecule has 4 atom stereocenters. The van der Waals surface area contributed by atoms with Gasteiger partial charge in [-0.2, -0.15) is 11.8 Å². The summed E-state index contributed by atoms with van der Waals surface area (Å²) in [5.41, 5.74) is 11.9. The second-order valence-corrected chi connectivity index (χ2v) is 9.11. The first-order chi connectivity index (χ1) is 17.1. The van der Waals surface area contributed by atoms with Crippen molar-refractivity contribution in [1.29, 1.82) is 0 Å². The van der Waals surface area contributed by atoms with Gasteiger partial charge in [-0.25, -0.2) is 4.79 Å². The molecule has 0 aliphatic heterocycles. The summed E-state index contributed by atoms with van der Waals surface area (Å²) in [6.07, 6.45) is 2.03. The molecular formula is C23H35N5O7S. The predicted octanol–water partition coefficient (Wildman–Crippen LogP) is -0.938. The second kappa shape index (κ2) is 16.5. The maximum atomic E-state index is 12.9. The van der Waals surface area contributed by atoms with Gasteiger partial charge in [0.2, 0.25) is 17.7 Å². The lowest BCUT2D eigenvalue weighted by molar-refractivity contribution is -0.143. The van der Waals surface area contributed by atoms with E-state index in [-0.39, 0.29) is 12.8 Å². The van der Waals surface area contributed by atoms with E-state index >= 15 is 0 Å². The molecule has 0 spiro atoms. The van der Waals surface area contributed by atoms with Gasteiger partial charge in [-0.3, -0.25) is 19.2 Å². The van der Waals surface area contributed by atoms with E-state index in [1.54, 1.807) is 30.3 Å². The molecular weight excluding hydrogens is 490 g/mol. The number of carbonyl (C=O) groups is 5. The summed E-state index contributed by atoms with van der Waals surface area (Å²) < 4.78 is 0. The highest BCUT2D eigenvalue weighted by Gasteiger charge is 2.31. The van der Waals surface area contributed by atoms with E-state index in [2.05, 4.69) is 16.0 Å². The van der Waals surface area contributed by atoms with Crippen LogP contribution in [-0.4, -0.2) is 82.6 Å². The molecule has 9 N–H and O–H groups in total. The van der Waals surface area contributed by atoms with E-state index in [4.69, 9.17) is 11.5 Å². The highest BCUT2D eigenvalue weighted by molar-refractivity contribution is 7.98. The number of carbonyl (C=O) groups excluding carboxylic acids is 3. The molecule has 0 saturated carbocycles. The molecule has 0 aliphatic carbocycles. The highest BCUT2D eigenvalue weighted by Crippen LogP contribution is 2.07. The van der Waals surface area contributed by atoms with Gasteiger partial charge in [-0.05, 0) is 43.4 Å². The normalized spacial score (nSPS) is 14.1. The van der Waals surface area contributed by atoms with Crippen LogP contribution in [0.15, 0.2) is 30.3 Å². The number of nitrogens with two attached hydrogens (primary N) is 2. The van der Waals surface area contributed by atoms with Gasteiger partial charge >= 0.3 is 11.9 Å². The molecule has 0 bridgehead atoms. The summed E-state index contributed by atoms with van der Waals surface area (Å²) in [6.45, 7) is 0.352. The molecule has 1 aromatic rings. The maximum absolute atomic E-state index is 12.9. The summed E-state index contributed by atoms with van der Waals surface area (Å²) >= 11 is 1.43. The minimum absolute atomic E-state index is 0.0389. The Kier molecular flexibility index (Phi) is 14.1. The van der Waals surface area contributed by atoms with Crippen LogP contribution in [0.3, 0.4) is 0 Å². The van der Waals surface area contributed by atoms with Crippen molar-refractivity contribution in [1.82, 2.24) is 16.0 Å². The van der Waals surface area contributed by atoms with E-state index < -0.39 is 60.2 Å². The first kappa shape index (κ1) is 30.9. The van der Waals surface area contributed by atoms with Crippen molar-refractivity contribution in [2.75, 3.05) is 18.6 Å². The number of amides is 3. The molecule has 0 heterocycles. The molecule has 13 heteroatoms. The lowest BCUT2D eigenvalue weighted by atomic mass is 10.0. The van der Waals surface area contributed by atoms with Crippen LogP contribution in [0.5, 0.6) is 0 Å². The molecule has 1 rings (SSSR count). The Morgan fingerprint density at radius 1 is 0.889 bits per heavy atom. The van der Waals surface area contributed by atoms with Crippen molar-refractivity contribution < 1.29 is 34.2 Å². The van der Waals surface area contributed by atoms with E-state index in [0.717, 1.165) is 0 Å². The van der Waals surface area contributed by atoms with Crippen LogP contribution in [-0.2, 0) is 30.4 Å². The third-order valence-electron chi connectivity index (χ3n) is 5.21. The van der Waals surface area contributed by atoms with Crippen molar-refractivity contribution in [3.63, 3.8) is 0 Å². The number of hydrogen-bond donors (Lipinski definition) is 7. The number of benzene rings is 1. The Labute approximate surface area is 213 Å². The van der Waals surface area contributed by atoms with Crippen molar-refractivity contribution in [3.8, 4) is 0 Å². The SMILES string of the molecule is CSCC[C@H](NC(=O)[C@@H](N)CCCN)C(=O)N[C@@H](CC(=O)O)C(=O)N[C@@H](Cc1ccccc1)C(=O)O. The Morgan fingerprint density at radius 3 is 2.03 bits per heavy atom. The highest BCUT2D eigenvalue weighted by atomic mass is 32.2. The number of aliphatic carboxylic acids is 2. The number of rotatable bonds is 17. The fourth-order valence-electron chi connectivity index (χ4n) is 3.23. The van der Waals surface area contributed by atoms with E-state index in [1.165, 1.54) is 11.8 Å². The van der Waals surface area contributed by atoms with Crippen LogP contribution in [0, 0.1) is 0 Å². The quantitative estimate of drug-likeness (QED) is 0.132. The Hall–Kier alpha value is -3.16. The van der Waals surface area contributed by atoms with Crippen LogP contribution in [0.25, 0.3) is 0 Å². The van der Waals surface area contributed by atoms with Crippen LogP contribution < -0.4 is 27.4 Å². The number of carboxylic acids is 2. The van der Waals surface area contributed by atoms with Crippen LogP contribution in [0.4, 0.5) is 0 Å². The first-order valence-corrected chi connectivity index (χ1v) is 12.8. The Balaban J connectivity index is 2.96. The number of hydrogen-bond acceptors (Lipinski definition) is 8. The van der Waals surface area contributed by atoms with Gasteiger partial charge in [0.1, 0.15) is 18.1 Å². The zero-order chi connectivity index (χ0) is 27.1. The fourth-order valence-corrected chi connectivity index (χ4v) is 3.70. The van der Waals surface area contributed by atoms with Crippen molar-refractivity contribution in [3.05, 3.63) is 35.9 Å². The third kappa shape index (κ3) is 11.5.